The molecule has 0 aliphatic rings. The first-order chi connectivity index (χ1) is 6.90. The molecule has 2 rings (SSSR count). The van der Waals surface area contributed by atoms with Gasteiger partial charge in [0.15, 0.2) is 5.69 Å². The Morgan fingerprint density at radius 2 is 1.43 bits per heavy atom. The standard InChI is InChI=1S/C12H8N2/c1-13-12-4-2-10(3-5-12)11-6-8-14-9-7-11/h2-9H/i1-1. The molecule has 0 spiro atoms. The first-order valence-electron chi connectivity index (χ1n) is 4.28. The summed E-state index contributed by atoms with van der Waals surface area (Å²) in [5.41, 5.74) is 2.90. The van der Waals surface area contributed by atoms with Crippen molar-refractivity contribution in [2.24, 2.45) is 0 Å². The summed E-state index contributed by atoms with van der Waals surface area (Å²) in [6.07, 6.45) is 3.52. The van der Waals surface area contributed by atoms with E-state index >= 15 is 0 Å². The molecule has 0 atom stereocenters. The van der Waals surface area contributed by atoms with E-state index in [4.69, 9.17) is 6.57 Å². The smallest absolute Gasteiger partial charge is 0.187 e. The predicted octanol–water partition coefficient (Wildman–Crippen LogP) is 3.30. The second-order valence-corrected chi connectivity index (χ2v) is 2.89. The maximum atomic E-state index is 6.83. The molecule has 0 saturated heterocycles. The zero-order valence-electron chi connectivity index (χ0n) is 7.51. The van der Waals surface area contributed by atoms with Gasteiger partial charge in [-0.15, -0.1) is 0 Å². The fraction of sp³-hybridized carbons (Fsp3) is 0. The Bertz CT molecular complexity index is 452. The summed E-state index contributed by atoms with van der Waals surface area (Å²) in [4.78, 5) is 7.30. The highest BCUT2D eigenvalue weighted by Gasteiger charge is 1.95. The Morgan fingerprint density at radius 1 is 0.857 bits per heavy atom. The van der Waals surface area contributed by atoms with E-state index in [1.54, 1.807) is 12.4 Å². The van der Waals surface area contributed by atoms with Crippen LogP contribution in [0.1, 0.15) is 0 Å². The topological polar surface area (TPSA) is 17.2 Å². The number of nitrogens with zero attached hydrogens (tertiary/aromatic N) is 2. The van der Waals surface area contributed by atoms with Gasteiger partial charge in [-0.1, -0.05) is 24.3 Å². The maximum absolute atomic E-state index is 6.83. The maximum Gasteiger partial charge on any atom is 0.187 e. The highest BCUT2D eigenvalue weighted by atomic mass is 14.6. The van der Waals surface area contributed by atoms with Gasteiger partial charge in [0.2, 0.25) is 0 Å². The highest BCUT2D eigenvalue weighted by molar-refractivity contribution is 5.65. The molecule has 1 aromatic heterocycles. The normalized spacial score (nSPS) is 9.36. The SMILES string of the molecule is [11C-]#[N+]c1ccc(-c2ccncc2)cc1. The van der Waals surface area contributed by atoms with Crippen molar-refractivity contribution < 1.29 is 0 Å². The Hall–Kier alpha value is -2.14. The van der Waals surface area contributed by atoms with Crippen LogP contribution >= 0.6 is 0 Å². The summed E-state index contributed by atoms with van der Waals surface area (Å²) < 4.78 is 0. The van der Waals surface area contributed by atoms with Crippen LogP contribution in [0.4, 0.5) is 5.69 Å². The zero-order valence-corrected chi connectivity index (χ0v) is 7.51. The van der Waals surface area contributed by atoms with Crippen LogP contribution in [0.2, 0.25) is 0 Å². The van der Waals surface area contributed by atoms with Gasteiger partial charge in [-0.3, -0.25) is 4.98 Å². The van der Waals surface area contributed by atoms with E-state index in [0.717, 1.165) is 11.1 Å². The molecule has 2 nitrogen and oxygen atoms in total. The fourth-order valence-corrected chi connectivity index (χ4v) is 1.27. The average molecular weight is 179 g/mol. The molecule has 14 heavy (non-hydrogen) atoms. The third-order valence-electron chi connectivity index (χ3n) is 2.01. The molecule has 2 heteroatoms. The molecule has 0 aliphatic carbocycles. The monoisotopic (exact) mass is 179 g/mol. The number of pyridine rings is 1. The van der Waals surface area contributed by atoms with Gasteiger partial charge in [0.1, 0.15) is 0 Å². The Kier molecular flexibility index (Phi) is 2.24. The molecule has 2 aromatic rings. The summed E-state index contributed by atoms with van der Waals surface area (Å²) in [5.74, 6) is 0. The minimum absolute atomic E-state index is 0.669. The van der Waals surface area contributed by atoms with Gasteiger partial charge in [0, 0.05) is 12.4 Å². The van der Waals surface area contributed by atoms with Crippen LogP contribution in [0.25, 0.3) is 16.0 Å². The van der Waals surface area contributed by atoms with Gasteiger partial charge in [-0.05, 0) is 23.3 Å². The van der Waals surface area contributed by atoms with Crippen LogP contribution in [-0.4, -0.2) is 4.98 Å². The third-order valence-corrected chi connectivity index (χ3v) is 2.01. The number of rotatable bonds is 1. The van der Waals surface area contributed by atoms with E-state index in [-0.39, 0.29) is 0 Å². The van der Waals surface area contributed by atoms with Gasteiger partial charge in [-0.2, -0.15) is 0 Å². The molecular formula is C12H8N2. The van der Waals surface area contributed by atoms with Crippen molar-refractivity contribution >= 4 is 5.69 Å². The molecule has 0 radical (unpaired) electrons. The summed E-state index contributed by atoms with van der Waals surface area (Å²) in [7, 11) is 0. The first kappa shape index (κ1) is 8.46. The lowest BCUT2D eigenvalue weighted by Gasteiger charge is -1.99. The Morgan fingerprint density at radius 3 is 2.00 bits per heavy atom. The number of hydrogen-bond acceptors (Lipinski definition) is 1. The van der Waals surface area contributed by atoms with E-state index in [1.807, 2.05) is 36.4 Å². The predicted molar refractivity (Wildman–Crippen MR) is 55.9 cm³/mol. The minimum atomic E-state index is 0.669. The van der Waals surface area contributed by atoms with Crippen molar-refractivity contribution in [3.8, 4) is 11.1 Å². The molecule has 1 heterocycles. The number of aromatic nitrogens is 1. The fourth-order valence-electron chi connectivity index (χ4n) is 1.27. The van der Waals surface area contributed by atoms with Crippen molar-refractivity contribution in [3.05, 3.63) is 60.2 Å². The minimum Gasteiger partial charge on any atom is -0.265 e. The second kappa shape index (κ2) is 3.71. The van der Waals surface area contributed by atoms with Gasteiger partial charge < -0.3 is 0 Å². The summed E-state index contributed by atoms with van der Waals surface area (Å²) in [6.45, 7) is 6.83. The van der Waals surface area contributed by atoms with Gasteiger partial charge in [0.25, 0.3) is 0 Å². The van der Waals surface area contributed by atoms with Gasteiger partial charge in [-0.25, -0.2) is 4.85 Å². The lowest BCUT2D eigenvalue weighted by atomic mass is 10.1. The van der Waals surface area contributed by atoms with Gasteiger partial charge in [0.05, 0.1) is 6.57 Å². The van der Waals surface area contributed by atoms with E-state index in [2.05, 4.69) is 9.83 Å². The van der Waals surface area contributed by atoms with Crippen LogP contribution < -0.4 is 0 Å². The van der Waals surface area contributed by atoms with Crippen molar-refractivity contribution in [2.45, 2.75) is 0 Å². The van der Waals surface area contributed by atoms with Crippen LogP contribution in [-0.2, 0) is 0 Å². The molecule has 0 aliphatic heterocycles. The second-order valence-electron chi connectivity index (χ2n) is 2.89. The molecule has 0 unspecified atom stereocenters. The summed E-state index contributed by atoms with van der Waals surface area (Å²) >= 11 is 0. The van der Waals surface area contributed by atoms with Crippen LogP contribution in [0.15, 0.2) is 48.8 Å². The van der Waals surface area contributed by atoms with E-state index in [0.29, 0.717) is 5.69 Å². The van der Waals surface area contributed by atoms with Gasteiger partial charge >= 0.3 is 0 Å². The Balaban J connectivity index is 2.40. The summed E-state index contributed by atoms with van der Waals surface area (Å²) in [5, 5.41) is 0. The molecule has 0 amide bonds. The van der Waals surface area contributed by atoms with Crippen molar-refractivity contribution in [2.75, 3.05) is 0 Å². The molecule has 66 valence electrons. The van der Waals surface area contributed by atoms with E-state index in [9.17, 15) is 0 Å². The highest BCUT2D eigenvalue weighted by Crippen LogP contribution is 2.21. The molecule has 0 saturated carbocycles. The first-order valence-corrected chi connectivity index (χ1v) is 4.28. The van der Waals surface area contributed by atoms with Crippen LogP contribution in [0, 0.1) is 6.57 Å². The molecule has 0 fully saturated rings. The van der Waals surface area contributed by atoms with E-state index < -0.39 is 0 Å². The Labute approximate surface area is 82.7 Å². The molecule has 1 aromatic carbocycles. The molecular weight excluding hydrogens is 171 g/mol. The number of hydrogen-bond donors (Lipinski definition) is 0. The largest absolute Gasteiger partial charge is 0.265 e. The van der Waals surface area contributed by atoms with Crippen LogP contribution in [0.3, 0.4) is 0 Å². The van der Waals surface area contributed by atoms with Crippen molar-refractivity contribution in [3.63, 3.8) is 0 Å². The van der Waals surface area contributed by atoms with Crippen molar-refractivity contribution in [1.29, 1.82) is 0 Å². The van der Waals surface area contributed by atoms with Crippen LogP contribution in [0.5, 0.6) is 0 Å². The average Bonchev–Trinajstić information content (AvgIpc) is 2.30. The van der Waals surface area contributed by atoms with Crippen molar-refractivity contribution in [1.82, 2.24) is 4.98 Å². The third kappa shape index (κ3) is 1.62. The lowest BCUT2D eigenvalue weighted by molar-refractivity contribution is 1.33. The summed E-state index contributed by atoms with van der Waals surface area (Å²) in [6, 6.07) is 11.4. The van der Waals surface area contributed by atoms with E-state index in [1.165, 1.54) is 0 Å². The zero-order chi connectivity index (χ0) is 9.80. The quantitative estimate of drug-likeness (QED) is 0.614. The molecule has 0 bridgehead atoms. The number of benzene rings is 1. The lowest BCUT2D eigenvalue weighted by Crippen LogP contribution is -1.76. The molecule has 0 N–H and O–H groups in total.